The standard InChI is InChI=1S/C29H27N7O2/c1-18(32-27(37)23-24(30)34-35-17-9-16-31-26(23)35)25-33-21-13-8-10-19(14-15-29(2,3)4)22(21)28(38)36(25)20-11-6-5-7-12-20/h5-13,16-18H,1-4H3,(H2,30,34)(H,32,37)/t18-/m1/s1. The molecule has 0 radical (unpaired) electrons. The molecule has 190 valence electrons. The molecular formula is C29H27N7O2. The Bertz CT molecular complexity index is 1800. The van der Waals surface area contributed by atoms with Crippen LogP contribution < -0.4 is 16.6 Å². The van der Waals surface area contributed by atoms with Crippen LogP contribution in [0.1, 0.15) is 55.5 Å². The molecule has 0 aliphatic rings. The topological polar surface area (TPSA) is 120 Å². The van der Waals surface area contributed by atoms with E-state index in [0.717, 1.165) is 0 Å². The summed E-state index contributed by atoms with van der Waals surface area (Å²) in [5.41, 5.74) is 7.76. The minimum atomic E-state index is -0.665. The number of rotatable bonds is 4. The Kier molecular flexibility index (Phi) is 6.17. The summed E-state index contributed by atoms with van der Waals surface area (Å²) in [6.07, 6.45) is 3.23. The molecule has 0 saturated heterocycles. The van der Waals surface area contributed by atoms with Crippen LogP contribution in [0.5, 0.6) is 0 Å². The van der Waals surface area contributed by atoms with Gasteiger partial charge in [-0.05, 0) is 58.0 Å². The molecular weight excluding hydrogens is 478 g/mol. The lowest BCUT2D eigenvalue weighted by atomic mass is 9.97. The first kappa shape index (κ1) is 24.7. The maximum atomic E-state index is 14.0. The van der Waals surface area contributed by atoms with E-state index in [1.165, 1.54) is 9.08 Å². The minimum absolute atomic E-state index is 0.0578. The van der Waals surface area contributed by atoms with Crippen molar-refractivity contribution < 1.29 is 4.79 Å². The third kappa shape index (κ3) is 4.60. The molecule has 3 aromatic heterocycles. The van der Waals surface area contributed by atoms with Gasteiger partial charge < -0.3 is 11.1 Å². The molecule has 5 rings (SSSR count). The smallest absolute Gasteiger partial charge is 0.267 e. The first-order valence-corrected chi connectivity index (χ1v) is 12.2. The Morgan fingerprint density at radius 2 is 1.84 bits per heavy atom. The molecule has 3 heterocycles. The van der Waals surface area contributed by atoms with Crippen molar-refractivity contribution in [3.05, 3.63) is 94.3 Å². The number of hydrogen-bond acceptors (Lipinski definition) is 6. The summed E-state index contributed by atoms with van der Waals surface area (Å²) >= 11 is 0. The largest absolute Gasteiger partial charge is 0.381 e. The van der Waals surface area contributed by atoms with Gasteiger partial charge in [0, 0.05) is 23.4 Å². The van der Waals surface area contributed by atoms with Gasteiger partial charge in [0.25, 0.3) is 11.5 Å². The number of anilines is 1. The lowest BCUT2D eigenvalue weighted by molar-refractivity contribution is 0.0940. The minimum Gasteiger partial charge on any atom is -0.381 e. The van der Waals surface area contributed by atoms with Crippen LogP contribution in [0.15, 0.2) is 71.8 Å². The Hall–Kier alpha value is -4.97. The highest BCUT2D eigenvalue weighted by atomic mass is 16.2. The third-order valence-corrected chi connectivity index (χ3v) is 5.89. The number of carbonyl (C=O) groups excluding carboxylic acids is 1. The van der Waals surface area contributed by atoms with Crippen LogP contribution in [0.4, 0.5) is 5.82 Å². The summed E-state index contributed by atoms with van der Waals surface area (Å²) in [5, 5.41) is 7.52. The number of fused-ring (bicyclic) bond motifs is 2. The van der Waals surface area contributed by atoms with Crippen molar-refractivity contribution in [3.8, 4) is 17.5 Å². The Morgan fingerprint density at radius 1 is 1.08 bits per heavy atom. The van der Waals surface area contributed by atoms with Crippen molar-refractivity contribution in [3.63, 3.8) is 0 Å². The van der Waals surface area contributed by atoms with Gasteiger partial charge in [0.15, 0.2) is 11.5 Å². The molecule has 5 aromatic rings. The van der Waals surface area contributed by atoms with E-state index in [2.05, 4.69) is 27.2 Å². The number of nitrogens with zero attached hydrogens (tertiary/aromatic N) is 5. The van der Waals surface area contributed by atoms with Crippen LogP contribution in [0, 0.1) is 17.3 Å². The van der Waals surface area contributed by atoms with Crippen molar-refractivity contribution >= 4 is 28.3 Å². The van der Waals surface area contributed by atoms with Crippen molar-refractivity contribution in [1.29, 1.82) is 0 Å². The molecule has 0 aliphatic carbocycles. The van der Waals surface area contributed by atoms with Crippen LogP contribution in [-0.2, 0) is 0 Å². The maximum absolute atomic E-state index is 14.0. The van der Waals surface area contributed by atoms with E-state index in [9.17, 15) is 9.59 Å². The number of hydrogen-bond donors (Lipinski definition) is 2. The predicted molar refractivity (Wildman–Crippen MR) is 147 cm³/mol. The van der Waals surface area contributed by atoms with E-state index < -0.39 is 11.9 Å². The van der Waals surface area contributed by atoms with E-state index in [1.807, 2.05) is 63.2 Å². The zero-order valence-electron chi connectivity index (χ0n) is 21.6. The number of amides is 1. The van der Waals surface area contributed by atoms with Gasteiger partial charge in [-0.2, -0.15) is 0 Å². The highest BCUT2D eigenvalue weighted by molar-refractivity contribution is 6.04. The summed E-state index contributed by atoms with van der Waals surface area (Å²) < 4.78 is 2.97. The van der Waals surface area contributed by atoms with Gasteiger partial charge >= 0.3 is 0 Å². The molecule has 9 nitrogen and oxygen atoms in total. The summed E-state index contributed by atoms with van der Waals surface area (Å²) in [6.45, 7) is 7.81. The fraction of sp³-hybridized carbons (Fsp3) is 0.207. The molecule has 9 heteroatoms. The molecule has 3 N–H and O–H groups in total. The van der Waals surface area contributed by atoms with Crippen LogP contribution in [0.25, 0.3) is 22.2 Å². The number of nitrogens with one attached hydrogen (secondary N) is 1. The van der Waals surface area contributed by atoms with Crippen molar-refractivity contribution in [2.75, 3.05) is 5.73 Å². The van der Waals surface area contributed by atoms with Crippen LogP contribution in [0.3, 0.4) is 0 Å². The monoisotopic (exact) mass is 505 g/mol. The zero-order chi connectivity index (χ0) is 27.0. The first-order valence-electron chi connectivity index (χ1n) is 12.2. The molecule has 0 bridgehead atoms. The van der Waals surface area contributed by atoms with E-state index >= 15 is 0 Å². The summed E-state index contributed by atoms with van der Waals surface area (Å²) in [7, 11) is 0. The Balaban J connectivity index is 1.66. The zero-order valence-corrected chi connectivity index (χ0v) is 21.6. The second-order valence-electron chi connectivity index (χ2n) is 9.99. The average molecular weight is 506 g/mol. The quantitative estimate of drug-likeness (QED) is 0.358. The number of aromatic nitrogens is 5. The number of benzene rings is 2. The Morgan fingerprint density at radius 3 is 2.58 bits per heavy atom. The highest BCUT2D eigenvalue weighted by Gasteiger charge is 2.24. The number of nitrogen functional groups attached to an aromatic ring is 1. The van der Waals surface area contributed by atoms with Gasteiger partial charge in [0.05, 0.1) is 22.6 Å². The van der Waals surface area contributed by atoms with E-state index in [1.54, 1.807) is 31.5 Å². The third-order valence-electron chi connectivity index (χ3n) is 5.89. The number of carbonyl (C=O) groups is 1. The number of para-hydroxylation sites is 1. The SMILES string of the molecule is C[C@@H](NC(=O)c1c(N)nn2cccnc12)c1nc2cccc(C#CC(C)(C)C)c2c(=O)n1-c1ccccc1. The first-order chi connectivity index (χ1) is 18.1. The molecule has 0 saturated carbocycles. The number of nitrogens with two attached hydrogens (primary N) is 1. The highest BCUT2D eigenvalue weighted by Crippen LogP contribution is 2.22. The summed E-state index contributed by atoms with van der Waals surface area (Å²) in [6, 6.07) is 15.7. The molecule has 2 aromatic carbocycles. The molecule has 0 unspecified atom stereocenters. The second-order valence-corrected chi connectivity index (χ2v) is 9.99. The summed E-state index contributed by atoms with van der Waals surface area (Å²) in [4.78, 5) is 36.5. The fourth-order valence-corrected chi connectivity index (χ4v) is 4.18. The van der Waals surface area contributed by atoms with Gasteiger partial charge in [0.2, 0.25) is 0 Å². The van der Waals surface area contributed by atoms with Gasteiger partial charge in [-0.1, -0.05) is 36.1 Å². The normalized spacial score (nSPS) is 12.2. The van der Waals surface area contributed by atoms with Gasteiger partial charge in [0.1, 0.15) is 11.4 Å². The fourth-order valence-electron chi connectivity index (χ4n) is 4.18. The van der Waals surface area contributed by atoms with Crippen molar-refractivity contribution in [1.82, 2.24) is 29.5 Å². The van der Waals surface area contributed by atoms with Crippen molar-refractivity contribution in [2.24, 2.45) is 5.41 Å². The van der Waals surface area contributed by atoms with Crippen LogP contribution in [-0.4, -0.2) is 30.1 Å². The Labute approximate surface area is 219 Å². The van der Waals surface area contributed by atoms with Gasteiger partial charge in [-0.15, -0.1) is 5.10 Å². The molecule has 0 aliphatic heterocycles. The van der Waals surface area contributed by atoms with E-state index in [4.69, 9.17) is 10.7 Å². The molecule has 1 amide bonds. The average Bonchev–Trinajstić information content (AvgIpc) is 3.23. The van der Waals surface area contributed by atoms with Crippen LogP contribution in [0.2, 0.25) is 0 Å². The van der Waals surface area contributed by atoms with E-state index in [-0.39, 0.29) is 22.4 Å². The van der Waals surface area contributed by atoms with Gasteiger partial charge in [-0.25, -0.2) is 14.5 Å². The van der Waals surface area contributed by atoms with Crippen molar-refractivity contribution in [2.45, 2.75) is 33.7 Å². The van der Waals surface area contributed by atoms with Gasteiger partial charge in [-0.3, -0.25) is 14.2 Å². The second kappa shape index (κ2) is 9.48. The molecule has 0 spiro atoms. The molecule has 38 heavy (non-hydrogen) atoms. The van der Waals surface area contributed by atoms with Crippen LogP contribution >= 0.6 is 0 Å². The molecule has 0 fully saturated rings. The predicted octanol–water partition coefficient (Wildman–Crippen LogP) is 3.90. The summed E-state index contributed by atoms with van der Waals surface area (Å²) in [5.74, 6) is 6.33. The molecule has 1 atom stereocenters. The maximum Gasteiger partial charge on any atom is 0.267 e. The lowest BCUT2D eigenvalue weighted by Gasteiger charge is -2.20. The lowest BCUT2D eigenvalue weighted by Crippen LogP contribution is -2.33. The van der Waals surface area contributed by atoms with E-state index in [0.29, 0.717) is 33.6 Å².